The Hall–Kier alpha value is -1.70. The molecule has 2 aliphatic heterocycles. The number of nitrogens with zero attached hydrogens (tertiary/aromatic N) is 4. The lowest BCUT2D eigenvalue weighted by Gasteiger charge is -2.39. The van der Waals surface area contributed by atoms with Crippen molar-refractivity contribution in [1.29, 1.82) is 0 Å². The van der Waals surface area contributed by atoms with Crippen LogP contribution in [0.3, 0.4) is 0 Å². The molecule has 0 aliphatic carbocycles. The summed E-state index contributed by atoms with van der Waals surface area (Å²) in [6, 6.07) is 1.31. The second-order valence-corrected chi connectivity index (χ2v) is 8.13. The predicted molar refractivity (Wildman–Crippen MR) is 93.7 cm³/mol. The van der Waals surface area contributed by atoms with Crippen molar-refractivity contribution in [3.05, 3.63) is 16.8 Å². The highest BCUT2D eigenvalue weighted by Crippen LogP contribution is 2.36. The van der Waals surface area contributed by atoms with Crippen molar-refractivity contribution < 1.29 is 18.3 Å². The van der Waals surface area contributed by atoms with Gasteiger partial charge in [-0.2, -0.15) is 0 Å². The molecule has 6 nitrogen and oxygen atoms in total. The van der Waals surface area contributed by atoms with E-state index in [0.717, 1.165) is 12.8 Å². The van der Waals surface area contributed by atoms with Gasteiger partial charge < -0.3 is 14.5 Å². The normalized spacial score (nSPS) is 23.3. The number of carbonyl (C=O) groups is 1. The van der Waals surface area contributed by atoms with Crippen molar-refractivity contribution in [2.75, 3.05) is 24.5 Å². The van der Waals surface area contributed by atoms with Crippen LogP contribution in [0.2, 0.25) is 5.15 Å². The molecule has 0 radical (unpaired) electrons. The van der Waals surface area contributed by atoms with Gasteiger partial charge in [-0.1, -0.05) is 11.6 Å². The number of hydrogen-bond acceptors (Lipinski definition) is 5. The van der Waals surface area contributed by atoms with Crippen LogP contribution in [0.15, 0.2) is 6.07 Å². The number of carbonyl (C=O) groups excluding carboxylic acids is 1. The van der Waals surface area contributed by atoms with Gasteiger partial charge in [0.2, 0.25) is 0 Å². The maximum atomic E-state index is 13.1. The number of hydrogen-bond donors (Lipinski definition) is 0. The molecule has 2 fully saturated rings. The fourth-order valence-electron chi connectivity index (χ4n) is 3.59. The van der Waals surface area contributed by atoms with Crippen molar-refractivity contribution in [3.63, 3.8) is 0 Å². The smallest absolute Gasteiger partial charge is 0.410 e. The first-order valence-electron chi connectivity index (χ1n) is 8.71. The van der Waals surface area contributed by atoms with E-state index in [-0.39, 0.29) is 22.9 Å². The van der Waals surface area contributed by atoms with E-state index in [9.17, 15) is 13.6 Å². The quantitative estimate of drug-likeness (QED) is 0.769. The van der Waals surface area contributed by atoms with E-state index < -0.39 is 12.0 Å². The topological polar surface area (TPSA) is 58.6 Å². The van der Waals surface area contributed by atoms with Gasteiger partial charge in [0.05, 0.1) is 11.6 Å². The third-order valence-corrected chi connectivity index (χ3v) is 5.10. The van der Waals surface area contributed by atoms with E-state index in [2.05, 4.69) is 10.2 Å². The molecule has 1 aromatic heterocycles. The van der Waals surface area contributed by atoms with E-state index in [0.29, 0.717) is 31.4 Å². The molecule has 2 saturated heterocycles. The first-order valence-corrected chi connectivity index (χ1v) is 9.09. The Balaban J connectivity index is 1.77. The van der Waals surface area contributed by atoms with Crippen molar-refractivity contribution >= 4 is 23.5 Å². The standard InChI is InChI=1S/C17H23ClF2N4O2/c1-17(2,3)26-16(25)23-6-4-10-5-7-24(12(10)9-23)13-8-11(15(19)20)14(18)22-21-13/h8,10,12,15H,4-7,9H2,1-3H3/t10-,12-/m0/s1. The molecular weight excluding hydrogens is 366 g/mol. The van der Waals surface area contributed by atoms with Crippen molar-refractivity contribution in [1.82, 2.24) is 15.1 Å². The van der Waals surface area contributed by atoms with Crippen LogP contribution in [0.4, 0.5) is 19.4 Å². The number of anilines is 1. The van der Waals surface area contributed by atoms with Crippen LogP contribution in [0.25, 0.3) is 0 Å². The Bertz CT molecular complexity index is 683. The lowest BCUT2D eigenvalue weighted by molar-refractivity contribution is 0.0173. The zero-order chi connectivity index (χ0) is 19.1. The van der Waals surface area contributed by atoms with Crippen molar-refractivity contribution in [2.45, 2.75) is 51.7 Å². The zero-order valence-electron chi connectivity index (χ0n) is 15.1. The molecule has 0 N–H and O–H groups in total. The van der Waals surface area contributed by atoms with Crippen LogP contribution in [-0.4, -0.2) is 52.5 Å². The first-order chi connectivity index (χ1) is 12.2. The van der Waals surface area contributed by atoms with E-state index in [1.54, 1.807) is 4.90 Å². The van der Waals surface area contributed by atoms with Gasteiger partial charge in [-0.3, -0.25) is 0 Å². The SMILES string of the molecule is CC(C)(C)OC(=O)N1CC[C@H]2CCN(c3cc(C(F)F)c(Cl)nn3)[C@H]2C1. The van der Waals surface area contributed by atoms with Gasteiger partial charge >= 0.3 is 6.09 Å². The van der Waals surface area contributed by atoms with Crippen molar-refractivity contribution in [2.24, 2.45) is 5.92 Å². The number of alkyl halides is 2. The van der Waals surface area contributed by atoms with E-state index >= 15 is 0 Å². The summed E-state index contributed by atoms with van der Waals surface area (Å²) in [6.07, 6.45) is -1.28. The minimum atomic E-state index is -2.71. The van der Waals surface area contributed by atoms with Gasteiger partial charge in [-0.05, 0) is 45.6 Å². The molecule has 3 heterocycles. The van der Waals surface area contributed by atoms with Gasteiger partial charge in [0.25, 0.3) is 6.43 Å². The Kier molecular flexibility index (Phi) is 5.23. The van der Waals surface area contributed by atoms with Crippen LogP contribution in [0.5, 0.6) is 0 Å². The molecule has 9 heteroatoms. The highest BCUT2D eigenvalue weighted by Gasteiger charge is 2.41. The first kappa shape index (κ1) is 19.1. The third kappa shape index (κ3) is 4.00. The fraction of sp³-hybridized carbons (Fsp3) is 0.706. The van der Waals surface area contributed by atoms with Gasteiger partial charge in [0.15, 0.2) is 11.0 Å². The number of rotatable bonds is 2. The lowest BCUT2D eigenvalue weighted by atomic mass is 9.92. The molecule has 0 bridgehead atoms. The minimum absolute atomic E-state index is 0.0114. The molecule has 1 aromatic rings. The number of likely N-dealkylation sites (tertiary alicyclic amines) is 1. The molecule has 0 saturated carbocycles. The monoisotopic (exact) mass is 388 g/mol. The average Bonchev–Trinajstić information content (AvgIpc) is 2.96. The highest BCUT2D eigenvalue weighted by atomic mass is 35.5. The number of ether oxygens (including phenoxy) is 1. The van der Waals surface area contributed by atoms with Crippen LogP contribution < -0.4 is 4.90 Å². The Morgan fingerprint density at radius 3 is 2.65 bits per heavy atom. The second-order valence-electron chi connectivity index (χ2n) is 7.77. The maximum absolute atomic E-state index is 13.1. The van der Waals surface area contributed by atoms with E-state index in [1.165, 1.54) is 6.07 Å². The van der Waals surface area contributed by atoms with Gasteiger partial charge in [0, 0.05) is 19.6 Å². The van der Waals surface area contributed by atoms with Gasteiger partial charge in [-0.15, -0.1) is 10.2 Å². The number of halogens is 3. The number of aromatic nitrogens is 2. The molecule has 2 atom stereocenters. The number of piperidine rings is 1. The Morgan fingerprint density at radius 2 is 2.00 bits per heavy atom. The predicted octanol–water partition coefficient (Wildman–Crippen LogP) is 3.90. The highest BCUT2D eigenvalue weighted by molar-refractivity contribution is 6.30. The van der Waals surface area contributed by atoms with Gasteiger partial charge in [-0.25, -0.2) is 13.6 Å². The zero-order valence-corrected chi connectivity index (χ0v) is 15.8. The Labute approximate surface area is 156 Å². The summed E-state index contributed by atoms with van der Waals surface area (Å²) >= 11 is 5.72. The molecule has 144 valence electrons. The summed E-state index contributed by atoms with van der Waals surface area (Å²) in [5.41, 5.74) is -0.878. The van der Waals surface area contributed by atoms with Crippen LogP contribution in [-0.2, 0) is 4.74 Å². The molecule has 2 aliphatic rings. The molecule has 1 amide bonds. The average molecular weight is 389 g/mol. The summed E-state index contributed by atoms with van der Waals surface area (Å²) in [5.74, 6) is 0.768. The number of fused-ring (bicyclic) bond motifs is 1. The molecule has 3 rings (SSSR count). The lowest BCUT2D eigenvalue weighted by Crippen LogP contribution is -2.51. The van der Waals surface area contributed by atoms with Gasteiger partial charge in [0.1, 0.15) is 5.60 Å². The van der Waals surface area contributed by atoms with Crippen molar-refractivity contribution in [3.8, 4) is 0 Å². The second kappa shape index (κ2) is 7.13. The fourth-order valence-corrected chi connectivity index (χ4v) is 3.77. The number of amides is 1. The molecule has 0 spiro atoms. The minimum Gasteiger partial charge on any atom is -0.444 e. The summed E-state index contributed by atoms with van der Waals surface area (Å²) < 4.78 is 31.7. The summed E-state index contributed by atoms with van der Waals surface area (Å²) in [4.78, 5) is 16.0. The van der Waals surface area contributed by atoms with E-state index in [1.807, 2.05) is 25.7 Å². The summed E-state index contributed by atoms with van der Waals surface area (Å²) in [7, 11) is 0. The Morgan fingerprint density at radius 1 is 1.31 bits per heavy atom. The molecule has 26 heavy (non-hydrogen) atoms. The molecule has 0 unspecified atom stereocenters. The molecule has 0 aromatic carbocycles. The summed E-state index contributed by atoms with van der Waals surface area (Å²) in [6.45, 7) is 7.29. The van der Waals surface area contributed by atoms with Crippen LogP contribution in [0.1, 0.15) is 45.6 Å². The summed E-state index contributed by atoms with van der Waals surface area (Å²) in [5, 5.41) is 7.39. The van der Waals surface area contributed by atoms with Crippen LogP contribution >= 0.6 is 11.6 Å². The largest absolute Gasteiger partial charge is 0.444 e. The molecular formula is C17H23ClF2N4O2. The third-order valence-electron chi connectivity index (χ3n) is 4.81. The van der Waals surface area contributed by atoms with E-state index in [4.69, 9.17) is 16.3 Å². The maximum Gasteiger partial charge on any atom is 0.410 e. The van der Waals surface area contributed by atoms with Crippen LogP contribution in [0, 0.1) is 5.92 Å².